The molecule has 0 unspecified atom stereocenters. The van der Waals surface area contributed by atoms with Gasteiger partial charge in [-0.2, -0.15) is 4.31 Å². The van der Waals surface area contributed by atoms with Gasteiger partial charge < -0.3 is 15.2 Å². The summed E-state index contributed by atoms with van der Waals surface area (Å²) in [5.74, 6) is -3.03. The second kappa shape index (κ2) is 7.24. The molecule has 1 atom stereocenters. The van der Waals surface area contributed by atoms with E-state index in [9.17, 15) is 22.4 Å². The number of carbonyl (C=O) groups is 2. The van der Waals surface area contributed by atoms with Gasteiger partial charge in [0.25, 0.3) is 5.91 Å². The van der Waals surface area contributed by atoms with Crippen LogP contribution in [0.1, 0.15) is 17.3 Å². The van der Waals surface area contributed by atoms with Gasteiger partial charge in [-0.05, 0) is 25.1 Å². The molecule has 0 aromatic heterocycles. The highest BCUT2D eigenvalue weighted by molar-refractivity contribution is 7.89. The predicted octanol–water partition coefficient (Wildman–Crippen LogP) is -0.123. The second-order valence-corrected chi connectivity index (χ2v) is 7.05. The quantitative estimate of drug-likeness (QED) is 0.732. The monoisotopic (exact) mass is 360 g/mol. The van der Waals surface area contributed by atoms with E-state index in [1.165, 1.54) is 11.2 Å². The molecule has 1 aromatic rings. The molecule has 1 heterocycles. The smallest absolute Gasteiger partial charge is 0.341 e. The minimum atomic E-state index is -3.89. The van der Waals surface area contributed by atoms with Gasteiger partial charge >= 0.3 is 5.97 Å². The number of amides is 1. The Balaban J connectivity index is 2.31. The lowest BCUT2D eigenvalue weighted by Gasteiger charge is -2.26. The Kier molecular flexibility index (Phi) is 5.52. The highest BCUT2D eigenvalue weighted by Crippen LogP contribution is 2.21. The van der Waals surface area contributed by atoms with E-state index in [1.807, 2.05) is 0 Å². The number of primary amides is 1. The average molecular weight is 360 g/mol. The first-order valence-electron chi connectivity index (χ1n) is 7.11. The van der Waals surface area contributed by atoms with Crippen LogP contribution < -0.4 is 5.73 Å². The lowest BCUT2D eigenvalue weighted by Crippen LogP contribution is -2.40. The zero-order valence-corrected chi connectivity index (χ0v) is 13.7. The van der Waals surface area contributed by atoms with Gasteiger partial charge in [-0.15, -0.1) is 0 Å². The standard InChI is InChI=1S/C14H17FN2O6S/c1-9(13(16)18)23-14(19)11-8-10(2-3-12(11)15)24(20,21)17-4-6-22-7-5-17/h2-3,8-9H,4-7H2,1H3,(H2,16,18)/t9-/m0/s1. The third-order valence-corrected chi connectivity index (χ3v) is 5.34. The van der Waals surface area contributed by atoms with Crippen molar-refractivity contribution in [1.29, 1.82) is 0 Å². The molecule has 24 heavy (non-hydrogen) atoms. The zero-order valence-electron chi connectivity index (χ0n) is 12.9. The molecule has 1 aliphatic heterocycles. The summed E-state index contributed by atoms with van der Waals surface area (Å²) in [7, 11) is -3.89. The average Bonchev–Trinajstić information content (AvgIpc) is 2.55. The van der Waals surface area contributed by atoms with Gasteiger partial charge in [-0.1, -0.05) is 0 Å². The molecule has 8 nitrogen and oxygen atoms in total. The van der Waals surface area contributed by atoms with E-state index in [0.717, 1.165) is 18.2 Å². The summed E-state index contributed by atoms with van der Waals surface area (Å²) in [6.07, 6.45) is -1.27. The molecule has 0 saturated carbocycles. The van der Waals surface area contributed by atoms with Crippen molar-refractivity contribution in [2.45, 2.75) is 17.9 Å². The van der Waals surface area contributed by atoms with Gasteiger partial charge in [0, 0.05) is 13.1 Å². The Morgan fingerprint density at radius 3 is 2.54 bits per heavy atom. The largest absolute Gasteiger partial charge is 0.449 e. The number of morpholine rings is 1. The molecule has 10 heteroatoms. The third kappa shape index (κ3) is 3.89. The molecular weight excluding hydrogens is 343 g/mol. The van der Waals surface area contributed by atoms with Crippen LogP contribution in [0, 0.1) is 5.82 Å². The first-order valence-corrected chi connectivity index (χ1v) is 8.55. The fourth-order valence-electron chi connectivity index (χ4n) is 2.04. The molecule has 0 spiro atoms. The van der Waals surface area contributed by atoms with Crippen LogP contribution in [0.15, 0.2) is 23.1 Å². The molecular formula is C14H17FN2O6S. The number of halogens is 1. The summed E-state index contributed by atoms with van der Waals surface area (Å²) in [5.41, 5.74) is 4.39. The molecule has 0 radical (unpaired) electrons. The molecule has 2 rings (SSSR count). The molecule has 1 saturated heterocycles. The van der Waals surface area contributed by atoms with E-state index in [1.54, 1.807) is 0 Å². The van der Waals surface area contributed by atoms with E-state index < -0.39 is 39.4 Å². The fourth-order valence-corrected chi connectivity index (χ4v) is 3.47. The molecule has 2 N–H and O–H groups in total. The number of nitrogens with two attached hydrogens (primary N) is 1. The van der Waals surface area contributed by atoms with Gasteiger partial charge in [-0.25, -0.2) is 17.6 Å². The Morgan fingerprint density at radius 1 is 1.33 bits per heavy atom. The molecule has 1 aromatic carbocycles. The molecule has 132 valence electrons. The van der Waals surface area contributed by atoms with Crippen molar-refractivity contribution in [3.05, 3.63) is 29.6 Å². The molecule has 0 bridgehead atoms. The van der Waals surface area contributed by atoms with Crippen molar-refractivity contribution >= 4 is 21.9 Å². The van der Waals surface area contributed by atoms with Gasteiger partial charge in [0.15, 0.2) is 6.10 Å². The van der Waals surface area contributed by atoms with Crippen LogP contribution in [0.3, 0.4) is 0 Å². The van der Waals surface area contributed by atoms with E-state index >= 15 is 0 Å². The van der Waals surface area contributed by atoms with Gasteiger partial charge in [0.05, 0.1) is 23.7 Å². The predicted molar refractivity (Wildman–Crippen MR) is 80.0 cm³/mol. The second-order valence-electron chi connectivity index (χ2n) is 5.11. The van der Waals surface area contributed by atoms with Crippen molar-refractivity contribution in [3.63, 3.8) is 0 Å². The summed E-state index contributed by atoms with van der Waals surface area (Å²) in [6.45, 7) is 2.07. The Labute approximate surface area is 138 Å². The minimum Gasteiger partial charge on any atom is -0.449 e. The number of ether oxygens (including phenoxy) is 2. The Morgan fingerprint density at radius 2 is 1.96 bits per heavy atom. The summed E-state index contributed by atoms with van der Waals surface area (Å²) in [5, 5.41) is 0. The summed E-state index contributed by atoms with van der Waals surface area (Å²) in [4.78, 5) is 22.6. The molecule has 1 fully saturated rings. The number of esters is 1. The van der Waals surface area contributed by atoms with E-state index in [0.29, 0.717) is 0 Å². The number of rotatable bonds is 5. The van der Waals surface area contributed by atoms with Gasteiger partial charge in [0.1, 0.15) is 5.82 Å². The molecule has 0 aliphatic carbocycles. The Bertz CT molecular complexity index is 746. The van der Waals surface area contributed by atoms with Gasteiger partial charge in [-0.3, -0.25) is 4.79 Å². The number of nitrogens with zero attached hydrogens (tertiary/aromatic N) is 1. The van der Waals surface area contributed by atoms with Crippen LogP contribution in [-0.2, 0) is 24.3 Å². The first kappa shape index (κ1) is 18.3. The minimum absolute atomic E-state index is 0.165. The number of benzene rings is 1. The molecule has 1 aliphatic rings. The summed E-state index contributed by atoms with van der Waals surface area (Å²) >= 11 is 0. The van der Waals surface area contributed by atoms with Gasteiger partial charge in [0.2, 0.25) is 10.0 Å². The van der Waals surface area contributed by atoms with Crippen molar-refractivity contribution in [3.8, 4) is 0 Å². The normalized spacial score (nSPS) is 17.2. The topological polar surface area (TPSA) is 116 Å². The van der Waals surface area contributed by atoms with Crippen LogP contribution in [0.2, 0.25) is 0 Å². The highest BCUT2D eigenvalue weighted by Gasteiger charge is 2.28. The number of hydrogen-bond donors (Lipinski definition) is 1. The van der Waals surface area contributed by atoms with Crippen LogP contribution in [0.25, 0.3) is 0 Å². The zero-order chi connectivity index (χ0) is 17.9. The third-order valence-electron chi connectivity index (χ3n) is 3.45. The number of carbonyl (C=O) groups excluding carboxylic acids is 2. The van der Waals surface area contributed by atoms with Crippen LogP contribution in [-0.4, -0.2) is 57.0 Å². The lowest BCUT2D eigenvalue weighted by atomic mass is 10.2. The van der Waals surface area contributed by atoms with Crippen molar-refractivity contribution in [2.75, 3.05) is 26.3 Å². The Hall–Kier alpha value is -2.04. The van der Waals surface area contributed by atoms with Crippen molar-refractivity contribution in [2.24, 2.45) is 5.73 Å². The van der Waals surface area contributed by atoms with Crippen LogP contribution in [0.5, 0.6) is 0 Å². The maximum atomic E-state index is 13.9. The van der Waals surface area contributed by atoms with Crippen LogP contribution in [0.4, 0.5) is 4.39 Å². The highest BCUT2D eigenvalue weighted by atomic mass is 32.2. The van der Waals surface area contributed by atoms with E-state index in [4.69, 9.17) is 15.2 Å². The first-order chi connectivity index (χ1) is 11.2. The number of sulfonamides is 1. The summed E-state index contributed by atoms with van der Waals surface area (Å²) in [6, 6.07) is 2.81. The van der Waals surface area contributed by atoms with E-state index in [-0.39, 0.29) is 31.2 Å². The van der Waals surface area contributed by atoms with Crippen molar-refractivity contribution < 1.29 is 31.9 Å². The maximum Gasteiger partial charge on any atom is 0.341 e. The summed E-state index contributed by atoms with van der Waals surface area (Å²) < 4.78 is 49.9. The van der Waals surface area contributed by atoms with E-state index in [2.05, 4.69) is 0 Å². The molecule has 1 amide bonds. The van der Waals surface area contributed by atoms with Crippen LogP contribution >= 0.6 is 0 Å². The van der Waals surface area contributed by atoms with Crippen molar-refractivity contribution in [1.82, 2.24) is 4.31 Å². The number of hydrogen-bond acceptors (Lipinski definition) is 6. The fraction of sp³-hybridized carbons (Fsp3) is 0.429. The maximum absolute atomic E-state index is 13.9. The SMILES string of the molecule is C[C@H](OC(=O)c1cc(S(=O)(=O)N2CCOCC2)ccc1F)C(N)=O. The lowest BCUT2D eigenvalue weighted by molar-refractivity contribution is -0.125.